The Bertz CT molecular complexity index is 1120. The molecule has 2 saturated heterocycles. The van der Waals surface area contributed by atoms with Crippen LogP contribution in [0.4, 0.5) is 5.82 Å². The molecule has 2 aliphatic heterocycles. The highest BCUT2D eigenvalue weighted by molar-refractivity contribution is 5.55. The topological polar surface area (TPSA) is 49.1 Å². The number of rotatable bonds is 6. The van der Waals surface area contributed by atoms with Crippen LogP contribution in [0.1, 0.15) is 60.9 Å². The molecule has 0 bridgehead atoms. The van der Waals surface area contributed by atoms with E-state index in [4.69, 9.17) is 14.7 Å². The number of nitrogens with zero attached hydrogens (tertiary/aromatic N) is 6. The van der Waals surface area contributed by atoms with E-state index in [0.29, 0.717) is 19.3 Å². The van der Waals surface area contributed by atoms with E-state index < -0.39 is 0 Å². The Hall–Kier alpha value is -2.48. The summed E-state index contributed by atoms with van der Waals surface area (Å²) in [4.78, 5) is 17.4. The lowest BCUT2D eigenvalue weighted by Gasteiger charge is -2.39. The Morgan fingerprint density at radius 1 is 0.971 bits per heavy atom. The van der Waals surface area contributed by atoms with Crippen molar-refractivity contribution in [2.24, 2.45) is 0 Å². The van der Waals surface area contributed by atoms with Crippen molar-refractivity contribution >= 4 is 11.5 Å². The normalized spacial score (nSPS) is 22.5. The molecule has 2 fully saturated rings. The van der Waals surface area contributed by atoms with Gasteiger partial charge in [0.25, 0.3) is 0 Å². The summed E-state index contributed by atoms with van der Waals surface area (Å²) in [5.41, 5.74) is 5.84. The summed E-state index contributed by atoms with van der Waals surface area (Å²) in [5, 5.41) is 0. The van der Waals surface area contributed by atoms with E-state index in [9.17, 15) is 0 Å². The average Bonchev–Trinajstić information content (AvgIpc) is 3.22. The van der Waals surface area contributed by atoms with Crippen LogP contribution in [-0.4, -0.2) is 71.0 Å². The first-order chi connectivity index (χ1) is 16.6. The highest BCUT2D eigenvalue weighted by Gasteiger charge is 2.35. The molecule has 7 heteroatoms. The van der Waals surface area contributed by atoms with E-state index >= 15 is 0 Å². The molecular formula is C27H38N6O. The van der Waals surface area contributed by atoms with E-state index in [2.05, 4.69) is 71.3 Å². The number of imidazole rings is 1. The fourth-order valence-corrected chi connectivity index (χ4v) is 5.67. The number of likely N-dealkylation sites (N-methyl/N-ethyl adjacent to an activating group) is 1. The zero-order valence-corrected chi connectivity index (χ0v) is 21.1. The second kappa shape index (κ2) is 10.0. The summed E-state index contributed by atoms with van der Waals surface area (Å²) in [6.45, 7) is 9.73. The standard InChI is InChI=1S/C27H38N6O/c1-5-34-19-23-27(22-11-6-10-21(31(22)4)26-20(2)9-8-14-28-26)29-24-12-7-13-25(33(23)24)32-17-15-30(3)16-18-32/h7-9,12-14,21-22H,5-6,10-11,15-19H2,1-4H3/t21-,22+/m1/s1. The van der Waals surface area contributed by atoms with Crippen molar-refractivity contribution in [3.8, 4) is 0 Å². The molecule has 3 aromatic heterocycles. The first-order valence-electron chi connectivity index (χ1n) is 12.7. The summed E-state index contributed by atoms with van der Waals surface area (Å²) < 4.78 is 8.39. The zero-order valence-electron chi connectivity index (χ0n) is 21.1. The quantitative estimate of drug-likeness (QED) is 0.547. The number of ether oxygens (including phenoxy) is 1. The van der Waals surface area contributed by atoms with Crippen LogP contribution in [0.2, 0.25) is 0 Å². The Balaban J connectivity index is 1.56. The highest BCUT2D eigenvalue weighted by Crippen LogP contribution is 2.42. The van der Waals surface area contributed by atoms with Crippen molar-refractivity contribution in [2.45, 2.75) is 51.8 Å². The molecule has 0 saturated carbocycles. The highest BCUT2D eigenvalue weighted by atomic mass is 16.5. The second-order valence-corrected chi connectivity index (χ2v) is 9.78. The van der Waals surface area contributed by atoms with Crippen LogP contribution in [0.15, 0.2) is 36.5 Å². The zero-order chi connectivity index (χ0) is 23.7. The minimum absolute atomic E-state index is 0.246. The van der Waals surface area contributed by atoms with E-state index in [1.807, 2.05) is 12.3 Å². The molecule has 2 atom stereocenters. The molecule has 0 radical (unpaired) electrons. The van der Waals surface area contributed by atoms with Gasteiger partial charge in [-0.15, -0.1) is 0 Å². The van der Waals surface area contributed by atoms with E-state index in [1.54, 1.807) is 0 Å². The average molecular weight is 463 g/mol. The molecule has 0 spiro atoms. The smallest absolute Gasteiger partial charge is 0.138 e. The first-order valence-corrected chi connectivity index (χ1v) is 12.7. The third-order valence-electron chi connectivity index (χ3n) is 7.64. The Kier molecular flexibility index (Phi) is 6.86. The van der Waals surface area contributed by atoms with Gasteiger partial charge < -0.3 is 14.5 Å². The summed E-state index contributed by atoms with van der Waals surface area (Å²) in [6.07, 6.45) is 5.33. The number of aromatic nitrogens is 3. The van der Waals surface area contributed by atoms with Gasteiger partial charge in [-0.25, -0.2) is 4.98 Å². The third kappa shape index (κ3) is 4.32. The number of pyridine rings is 2. The van der Waals surface area contributed by atoms with E-state index in [1.165, 1.54) is 29.2 Å². The monoisotopic (exact) mass is 462 g/mol. The van der Waals surface area contributed by atoms with Crippen molar-refractivity contribution in [2.75, 3.05) is 51.8 Å². The maximum absolute atomic E-state index is 6.02. The predicted molar refractivity (Wildman–Crippen MR) is 136 cm³/mol. The molecule has 0 aliphatic carbocycles. The van der Waals surface area contributed by atoms with Gasteiger partial charge in [-0.1, -0.05) is 12.1 Å². The third-order valence-corrected chi connectivity index (χ3v) is 7.64. The maximum Gasteiger partial charge on any atom is 0.138 e. The fraction of sp³-hybridized carbons (Fsp3) is 0.556. The molecule has 0 aromatic carbocycles. The summed E-state index contributed by atoms with van der Waals surface area (Å²) in [7, 11) is 4.45. The summed E-state index contributed by atoms with van der Waals surface area (Å²) in [5.74, 6) is 1.23. The molecule has 3 aromatic rings. The molecule has 182 valence electrons. The maximum atomic E-state index is 6.02. The van der Waals surface area contributed by atoms with Crippen LogP contribution in [0.25, 0.3) is 5.65 Å². The Morgan fingerprint density at radius 2 is 1.74 bits per heavy atom. The molecule has 0 N–H and O–H groups in total. The molecule has 5 heterocycles. The largest absolute Gasteiger partial charge is 0.375 e. The Morgan fingerprint density at radius 3 is 2.47 bits per heavy atom. The summed E-state index contributed by atoms with van der Waals surface area (Å²) in [6, 6.07) is 11.3. The number of fused-ring (bicyclic) bond motifs is 1. The number of hydrogen-bond acceptors (Lipinski definition) is 6. The lowest BCUT2D eigenvalue weighted by molar-refractivity contribution is 0.101. The molecule has 34 heavy (non-hydrogen) atoms. The van der Waals surface area contributed by atoms with Crippen molar-refractivity contribution in [3.05, 3.63) is 59.2 Å². The number of aryl methyl sites for hydroxylation is 1. The summed E-state index contributed by atoms with van der Waals surface area (Å²) >= 11 is 0. The lowest BCUT2D eigenvalue weighted by Crippen LogP contribution is -2.45. The van der Waals surface area contributed by atoms with Crippen molar-refractivity contribution in [1.82, 2.24) is 24.2 Å². The van der Waals surface area contributed by atoms with Gasteiger partial charge in [-0.05, 0) is 71.0 Å². The minimum Gasteiger partial charge on any atom is -0.375 e. The predicted octanol–water partition coefficient (Wildman–Crippen LogP) is 4.22. The fourth-order valence-electron chi connectivity index (χ4n) is 5.67. The van der Waals surface area contributed by atoms with Crippen LogP contribution in [-0.2, 0) is 11.3 Å². The minimum atomic E-state index is 0.246. The van der Waals surface area contributed by atoms with Crippen LogP contribution < -0.4 is 4.90 Å². The van der Waals surface area contributed by atoms with Gasteiger partial charge in [0.15, 0.2) is 0 Å². The van der Waals surface area contributed by atoms with Crippen molar-refractivity contribution < 1.29 is 4.74 Å². The van der Waals surface area contributed by atoms with Gasteiger partial charge in [0, 0.05) is 39.0 Å². The van der Waals surface area contributed by atoms with E-state index in [-0.39, 0.29) is 6.04 Å². The first kappa shape index (κ1) is 23.3. The Labute approximate surface area is 203 Å². The van der Waals surface area contributed by atoms with Gasteiger partial charge >= 0.3 is 0 Å². The molecule has 5 rings (SSSR count). The van der Waals surface area contributed by atoms with Crippen LogP contribution in [0.3, 0.4) is 0 Å². The van der Waals surface area contributed by atoms with Crippen LogP contribution >= 0.6 is 0 Å². The number of piperidine rings is 1. The van der Waals surface area contributed by atoms with Crippen molar-refractivity contribution in [1.29, 1.82) is 0 Å². The van der Waals surface area contributed by atoms with Crippen molar-refractivity contribution in [3.63, 3.8) is 0 Å². The molecule has 0 unspecified atom stereocenters. The lowest BCUT2D eigenvalue weighted by atomic mass is 9.90. The van der Waals surface area contributed by atoms with Crippen LogP contribution in [0, 0.1) is 6.92 Å². The number of anilines is 1. The van der Waals surface area contributed by atoms with Gasteiger partial charge in [-0.2, -0.15) is 0 Å². The molecular weight excluding hydrogens is 424 g/mol. The van der Waals surface area contributed by atoms with Gasteiger partial charge in [-0.3, -0.25) is 14.3 Å². The number of piperazine rings is 1. The van der Waals surface area contributed by atoms with E-state index in [0.717, 1.165) is 50.4 Å². The van der Waals surface area contributed by atoms with Gasteiger partial charge in [0.05, 0.1) is 35.8 Å². The van der Waals surface area contributed by atoms with Crippen LogP contribution in [0.5, 0.6) is 0 Å². The second-order valence-electron chi connectivity index (χ2n) is 9.78. The SMILES string of the molecule is CCOCc1c([C@@H]2CCC[C@H](c3ncccc3C)N2C)nc2cccc(N3CCN(C)CC3)n12. The molecule has 0 amide bonds. The molecule has 7 nitrogen and oxygen atoms in total. The number of likely N-dealkylation sites (tertiary alicyclic amines) is 1. The van der Waals surface area contributed by atoms with Gasteiger partial charge in [0.2, 0.25) is 0 Å². The number of hydrogen-bond donors (Lipinski definition) is 0. The van der Waals surface area contributed by atoms with Gasteiger partial charge in [0.1, 0.15) is 11.5 Å². The molecule has 2 aliphatic rings.